The number of aromatic nitrogens is 2. The van der Waals surface area contributed by atoms with Gasteiger partial charge in [-0.05, 0) is 31.9 Å². The summed E-state index contributed by atoms with van der Waals surface area (Å²) in [7, 11) is 1.20. The van der Waals surface area contributed by atoms with Crippen molar-refractivity contribution in [3.05, 3.63) is 52.2 Å². The lowest BCUT2D eigenvalue weighted by molar-refractivity contribution is 0.101. The maximum atomic E-state index is 13.0. The van der Waals surface area contributed by atoms with Gasteiger partial charge in [0.15, 0.2) is 5.69 Å². The SMILES string of the molecule is COC(=O)Nn1c(C(=O)Nc2ccccc2)c(C)n(C2CCCCC2)c1=O. The van der Waals surface area contributed by atoms with E-state index >= 15 is 0 Å². The van der Waals surface area contributed by atoms with Crippen LogP contribution in [0.1, 0.15) is 54.3 Å². The number of para-hydroxylation sites is 1. The average Bonchev–Trinajstić information content (AvgIpc) is 2.93. The molecule has 1 aromatic heterocycles. The third-order valence-corrected chi connectivity index (χ3v) is 4.90. The average molecular weight is 372 g/mol. The lowest BCUT2D eigenvalue weighted by Crippen LogP contribution is -2.37. The molecule has 0 atom stereocenters. The number of rotatable bonds is 4. The van der Waals surface area contributed by atoms with Gasteiger partial charge in [-0.3, -0.25) is 9.36 Å². The van der Waals surface area contributed by atoms with E-state index in [-0.39, 0.29) is 11.7 Å². The number of hydrogen-bond acceptors (Lipinski definition) is 4. The first-order valence-electron chi connectivity index (χ1n) is 9.08. The minimum absolute atomic E-state index is 0.0234. The Balaban J connectivity index is 2.02. The van der Waals surface area contributed by atoms with Crippen LogP contribution in [-0.2, 0) is 4.74 Å². The highest BCUT2D eigenvalue weighted by atomic mass is 16.5. The van der Waals surface area contributed by atoms with Crippen molar-refractivity contribution in [2.45, 2.75) is 45.1 Å². The van der Waals surface area contributed by atoms with E-state index in [1.165, 1.54) is 7.11 Å². The highest BCUT2D eigenvalue weighted by molar-refractivity contribution is 6.04. The fraction of sp³-hybridized carbons (Fsp3) is 0.421. The summed E-state index contributed by atoms with van der Waals surface area (Å²) in [6.07, 6.45) is 4.17. The van der Waals surface area contributed by atoms with E-state index in [4.69, 9.17) is 0 Å². The summed E-state index contributed by atoms with van der Waals surface area (Å²) in [6, 6.07) is 8.97. The van der Waals surface area contributed by atoms with Crippen LogP contribution in [0.3, 0.4) is 0 Å². The van der Waals surface area contributed by atoms with Crippen molar-refractivity contribution in [3.63, 3.8) is 0 Å². The van der Waals surface area contributed by atoms with Gasteiger partial charge in [0, 0.05) is 11.7 Å². The van der Waals surface area contributed by atoms with Crippen LogP contribution in [0.15, 0.2) is 35.1 Å². The molecule has 0 aliphatic heterocycles. The van der Waals surface area contributed by atoms with Crippen molar-refractivity contribution in [2.75, 3.05) is 17.9 Å². The molecule has 0 spiro atoms. The predicted molar refractivity (Wildman–Crippen MR) is 102 cm³/mol. The Labute approximate surface area is 157 Å². The number of anilines is 1. The van der Waals surface area contributed by atoms with E-state index in [2.05, 4.69) is 15.5 Å². The first-order valence-corrected chi connectivity index (χ1v) is 9.08. The molecule has 8 nitrogen and oxygen atoms in total. The molecule has 1 aliphatic carbocycles. The molecule has 0 saturated heterocycles. The Morgan fingerprint density at radius 3 is 2.41 bits per heavy atom. The predicted octanol–water partition coefficient (Wildman–Crippen LogP) is 3.03. The molecule has 0 bridgehead atoms. The van der Waals surface area contributed by atoms with E-state index in [0.29, 0.717) is 11.4 Å². The van der Waals surface area contributed by atoms with Crippen LogP contribution in [-0.4, -0.2) is 28.4 Å². The van der Waals surface area contributed by atoms with Gasteiger partial charge in [0.25, 0.3) is 5.91 Å². The third kappa shape index (κ3) is 3.89. The van der Waals surface area contributed by atoms with Crippen molar-refractivity contribution in [1.82, 2.24) is 9.24 Å². The number of benzene rings is 1. The summed E-state index contributed by atoms with van der Waals surface area (Å²) in [5, 5.41) is 2.77. The lowest BCUT2D eigenvalue weighted by atomic mass is 9.95. The molecule has 27 heavy (non-hydrogen) atoms. The highest BCUT2D eigenvalue weighted by Crippen LogP contribution is 2.29. The van der Waals surface area contributed by atoms with Gasteiger partial charge in [0.2, 0.25) is 0 Å². The molecule has 1 fully saturated rings. The standard InChI is InChI=1S/C19H24N4O4/c1-13-16(17(24)20-14-9-5-3-6-10-14)23(21-18(25)27-2)19(26)22(13)15-11-7-4-8-12-15/h3,5-6,9-10,15H,4,7-8,11-12H2,1-2H3,(H,20,24)(H,21,25). The largest absolute Gasteiger partial charge is 0.452 e. The second kappa shape index (κ2) is 8.11. The zero-order valence-electron chi connectivity index (χ0n) is 15.5. The summed E-state index contributed by atoms with van der Waals surface area (Å²) >= 11 is 0. The minimum Gasteiger partial charge on any atom is -0.452 e. The Hall–Kier alpha value is -3.03. The van der Waals surface area contributed by atoms with Crippen molar-refractivity contribution in [3.8, 4) is 0 Å². The normalized spacial score (nSPS) is 14.6. The zero-order valence-corrected chi connectivity index (χ0v) is 15.5. The van der Waals surface area contributed by atoms with E-state index in [9.17, 15) is 14.4 Å². The van der Waals surface area contributed by atoms with Gasteiger partial charge in [0.1, 0.15) is 0 Å². The minimum atomic E-state index is -0.813. The van der Waals surface area contributed by atoms with E-state index in [1.54, 1.807) is 35.8 Å². The molecule has 0 radical (unpaired) electrons. The van der Waals surface area contributed by atoms with Gasteiger partial charge in [-0.2, -0.15) is 4.68 Å². The number of nitrogens with zero attached hydrogens (tertiary/aromatic N) is 2. The Morgan fingerprint density at radius 2 is 1.78 bits per heavy atom. The quantitative estimate of drug-likeness (QED) is 0.862. The fourth-order valence-electron chi connectivity index (χ4n) is 3.61. The van der Waals surface area contributed by atoms with Crippen molar-refractivity contribution >= 4 is 17.7 Å². The molecule has 3 rings (SSSR count). The number of nitrogens with one attached hydrogen (secondary N) is 2. The smallest absolute Gasteiger partial charge is 0.426 e. The fourth-order valence-corrected chi connectivity index (χ4v) is 3.61. The van der Waals surface area contributed by atoms with Crippen LogP contribution in [0.2, 0.25) is 0 Å². The molecule has 144 valence electrons. The summed E-state index contributed by atoms with van der Waals surface area (Å²) < 4.78 is 7.21. The number of hydrogen-bond donors (Lipinski definition) is 2. The number of imidazole rings is 1. The summed E-state index contributed by atoms with van der Waals surface area (Å²) in [4.78, 5) is 37.6. The molecule has 1 saturated carbocycles. The zero-order chi connectivity index (χ0) is 19.4. The second-order valence-corrected chi connectivity index (χ2v) is 6.64. The van der Waals surface area contributed by atoms with E-state index < -0.39 is 17.7 Å². The number of amides is 2. The van der Waals surface area contributed by atoms with Crippen molar-refractivity contribution < 1.29 is 14.3 Å². The third-order valence-electron chi connectivity index (χ3n) is 4.90. The van der Waals surface area contributed by atoms with Gasteiger partial charge >= 0.3 is 11.8 Å². The van der Waals surface area contributed by atoms with Crippen LogP contribution in [0.5, 0.6) is 0 Å². The Morgan fingerprint density at radius 1 is 1.11 bits per heavy atom. The molecule has 1 aromatic carbocycles. The van der Waals surface area contributed by atoms with Gasteiger partial charge in [-0.1, -0.05) is 37.5 Å². The monoisotopic (exact) mass is 372 g/mol. The summed E-state index contributed by atoms with van der Waals surface area (Å²) in [5.74, 6) is -0.471. The molecule has 2 aromatic rings. The van der Waals surface area contributed by atoms with Crippen molar-refractivity contribution in [1.29, 1.82) is 0 Å². The Kier molecular flexibility index (Phi) is 5.63. The second-order valence-electron chi connectivity index (χ2n) is 6.64. The molecule has 2 amide bonds. The topological polar surface area (TPSA) is 94.4 Å². The number of methoxy groups -OCH3 is 1. The van der Waals surface area contributed by atoms with E-state index in [0.717, 1.165) is 36.8 Å². The van der Waals surface area contributed by atoms with Crippen molar-refractivity contribution in [2.24, 2.45) is 0 Å². The molecule has 2 N–H and O–H groups in total. The number of ether oxygens (including phenoxy) is 1. The summed E-state index contributed by atoms with van der Waals surface area (Å²) in [5.41, 5.74) is 3.14. The van der Waals surface area contributed by atoms with Gasteiger partial charge in [-0.15, -0.1) is 0 Å². The van der Waals surface area contributed by atoms with Gasteiger partial charge in [-0.25, -0.2) is 15.0 Å². The number of carbonyl (C=O) groups is 2. The van der Waals surface area contributed by atoms with E-state index in [1.807, 2.05) is 6.07 Å². The van der Waals surface area contributed by atoms with Gasteiger partial charge < -0.3 is 10.1 Å². The maximum Gasteiger partial charge on any atom is 0.426 e. The molecular weight excluding hydrogens is 348 g/mol. The van der Waals surface area contributed by atoms with Crippen LogP contribution < -0.4 is 16.4 Å². The first-order chi connectivity index (χ1) is 13.0. The van der Waals surface area contributed by atoms with Crippen LogP contribution in [0, 0.1) is 6.92 Å². The Bertz CT molecular complexity index is 879. The lowest BCUT2D eigenvalue weighted by Gasteiger charge is -2.23. The molecular formula is C19H24N4O4. The molecule has 1 heterocycles. The first kappa shape index (κ1) is 18.8. The molecule has 8 heteroatoms. The van der Waals surface area contributed by atoms with Crippen LogP contribution >= 0.6 is 0 Å². The molecule has 0 unspecified atom stereocenters. The van der Waals surface area contributed by atoms with Gasteiger partial charge in [0.05, 0.1) is 12.8 Å². The number of carbonyl (C=O) groups excluding carboxylic acids is 2. The van der Waals surface area contributed by atoms with Crippen LogP contribution in [0.25, 0.3) is 0 Å². The highest BCUT2D eigenvalue weighted by Gasteiger charge is 2.28. The summed E-state index contributed by atoms with van der Waals surface area (Å²) in [6.45, 7) is 1.73. The maximum absolute atomic E-state index is 13.0. The van der Waals surface area contributed by atoms with Crippen LogP contribution in [0.4, 0.5) is 10.5 Å². The molecule has 1 aliphatic rings.